The van der Waals surface area contributed by atoms with E-state index in [2.05, 4.69) is 5.32 Å². The average Bonchev–Trinajstić information content (AvgIpc) is 2.87. The summed E-state index contributed by atoms with van der Waals surface area (Å²) in [5.74, 6) is -2.53. The maximum atomic E-state index is 12.5. The second kappa shape index (κ2) is 7.56. The lowest BCUT2D eigenvalue weighted by atomic mass is 10.1. The van der Waals surface area contributed by atoms with E-state index in [0.717, 1.165) is 0 Å². The Morgan fingerprint density at radius 3 is 2.14 bits per heavy atom. The standard InChI is InChI=1S/C20H17ClN2O6/c1-20(2,3)28-19(27)22-11-8-9-15(21)14(10-11)18(26)29-23-16(24)12-6-4-5-7-13(12)17(23)25/h4-10H,1-3H3,(H,22,27). The molecule has 1 heterocycles. The maximum Gasteiger partial charge on any atom is 0.412 e. The quantitative estimate of drug-likeness (QED) is 0.757. The number of rotatable bonds is 3. The lowest BCUT2D eigenvalue weighted by Gasteiger charge is -2.20. The summed E-state index contributed by atoms with van der Waals surface area (Å²) in [6.45, 7) is 5.12. The van der Waals surface area contributed by atoms with Crippen molar-refractivity contribution >= 4 is 41.2 Å². The molecular formula is C20H17ClN2O6. The van der Waals surface area contributed by atoms with E-state index < -0.39 is 29.5 Å². The van der Waals surface area contributed by atoms with Gasteiger partial charge in [-0.3, -0.25) is 14.9 Å². The Kier molecular flexibility index (Phi) is 5.30. The number of imide groups is 1. The molecule has 29 heavy (non-hydrogen) atoms. The van der Waals surface area contributed by atoms with Crippen LogP contribution in [-0.4, -0.2) is 34.5 Å². The molecule has 1 aliphatic heterocycles. The number of benzene rings is 2. The summed E-state index contributed by atoms with van der Waals surface area (Å²) in [5, 5.41) is 2.87. The highest BCUT2D eigenvalue weighted by molar-refractivity contribution is 6.33. The van der Waals surface area contributed by atoms with E-state index in [4.69, 9.17) is 21.2 Å². The smallest absolute Gasteiger partial charge is 0.412 e. The summed E-state index contributed by atoms with van der Waals surface area (Å²) in [5.41, 5.74) is -0.354. The molecule has 1 aliphatic rings. The lowest BCUT2D eigenvalue weighted by Crippen LogP contribution is -2.32. The molecule has 3 amide bonds. The molecule has 150 valence electrons. The molecule has 0 saturated heterocycles. The predicted molar refractivity (Wildman–Crippen MR) is 104 cm³/mol. The summed E-state index contributed by atoms with van der Waals surface area (Å²) in [4.78, 5) is 54.1. The number of carbonyl (C=O) groups excluding carboxylic acids is 4. The van der Waals surface area contributed by atoms with Gasteiger partial charge in [-0.05, 0) is 51.1 Å². The van der Waals surface area contributed by atoms with Crippen LogP contribution in [0.25, 0.3) is 0 Å². The van der Waals surface area contributed by atoms with Crippen molar-refractivity contribution in [2.45, 2.75) is 26.4 Å². The van der Waals surface area contributed by atoms with Crippen molar-refractivity contribution in [2.24, 2.45) is 0 Å². The van der Waals surface area contributed by atoms with Crippen LogP contribution in [0.5, 0.6) is 0 Å². The van der Waals surface area contributed by atoms with E-state index in [-0.39, 0.29) is 27.4 Å². The van der Waals surface area contributed by atoms with Crippen molar-refractivity contribution in [3.63, 3.8) is 0 Å². The van der Waals surface area contributed by atoms with Gasteiger partial charge in [0.05, 0.1) is 21.7 Å². The molecule has 0 unspecified atom stereocenters. The van der Waals surface area contributed by atoms with E-state index >= 15 is 0 Å². The minimum atomic E-state index is -1.03. The van der Waals surface area contributed by atoms with Gasteiger partial charge in [0.15, 0.2) is 0 Å². The Balaban J connectivity index is 1.77. The van der Waals surface area contributed by atoms with Gasteiger partial charge in [0.25, 0.3) is 11.8 Å². The van der Waals surface area contributed by atoms with Crippen molar-refractivity contribution in [2.75, 3.05) is 5.32 Å². The zero-order valence-electron chi connectivity index (χ0n) is 15.8. The van der Waals surface area contributed by atoms with Crippen LogP contribution in [0, 0.1) is 0 Å². The van der Waals surface area contributed by atoms with E-state index in [1.54, 1.807) is 32.9 Å². The molecule has 8 nitrogen and oxygen atoms in total. The Bertz CT molecular complexity index is 993. The van der Waals surface area contributed by atoms with E-state index in [1.165, 1.54) is 30.3 Å². The summed E-state index contributed by atoms with van der Waals surface area (Å²) in [6, 6.07) is 10.2. The van der Waals surface area contributed by atoms with Gasteiger partial charge >= 0.3 is 12.1 Å². The highest BCUT2D eigenvalue weighted by Gasteiger charge is 2.39. The minimum Gasteiger partial charge on any atom is -0.444 e. The fourth-order valence-electron chi connectivity index (χ4n) is 2.56. The van der Waals surface area contributed by atoms with Crippen LogP contribution in [0.4, 0.5) is 10.5 Å². The van der Waals surface area contributed by atoms with Gasteiger partial charge < -0.3 is 9.57 Å². The molecule has 0 aromatic heterocycles. The van der Waals surface area contributed by atoms with Gasteiger partial charge in [-0.1, -0.05) is 28.8 Å². The van der Waals surface area contributed by atoms with Gasteiger partial charge in [-0.2, -0.15) is 0 Å². The van der Waals surface area contributed by atoms with Gasteiger partial charge in [0.2, 0.25) is 0 Å². The molecule has 0 radical (unpaired) electrons. The van der Waals surface area contributed by atoms with Crippen LogP contribution in [0.15, 0.2) is 42.5 Å². The Hall–Kier alpha value is -3.39. The highest BCUT2D eigenvalue weighted by atomic mass is 35.5. The van der Waals surface area contributed by atoms with Crippen molar-refractivity contribution in [1.82, 2.24) is 5.06 Å². The third kappa shape index (κ3) is 4.38. The molecule has 2 aromatic carbocycles. The van der Waals surface area contributed by atoms with Crippen molar-refractivity contribution in [3.05, 3.63) is 64.2 Å². The fraction of sp³-hybridized carbons (Fsp3) is 0.200. The molecule has 0 fully saturated rings. The molecule has 1 N–H and O–H groups in total. The predicted octanol–water partition coefficient (Wildman–Crippen LogP) is 4.06. The molecule has 3 rings (SSSR count). The number of ether oxygens (including phenoxy) is 1. The van der Waals surface area contributed by atoms with Crippen LogP contribution in [-0.2, 0) is 9.57 Å². The minimum absolute atomic E-state index is 0.0151. The number of fused-ring (bicyclic) bond motifs is 1. The maximum absolute atomic E-state index is 12.5. The first kappa shape index (κ1) is 20.3. The van der Waals surface area contributed by atoms with Crippen LogP contribution in [0.1, 0.15) is 51.8 Å². The Morgan fingerprint density at radius 1 is 1.00 bits per heavy atom. The zero-order chi connectivity index (χ0) is 21.3. The number of nitrogens with one attached hydrogen (secondary N) is 1. The van der Waals surface area contributed by atoms with Crippen LogP contribution >= 0.6 is 11.6 Å². The van der Waals surface area contributed by atoms with Gasteiger partial charge in [0, 0.05) is 5.69 Å². The monoisotopic (exact) mass is 416 g/mol. The molecule has 0 saturated carbocycles. The van der Waals surface area contributed by atoms with Crippen molar-refractivity contribution in [1.29, 1.82) is 0 Å². The molecule has 2 aromatic rings. The Labute approximate surface area is 171 Å². The Morgan fingerprint density at radius 2 is 1.59 bits per heavy atom. The summed E-state index contributed by atoms with van der Waals surface area (Å²) >= 11 is 6.05. The largest absolute Gasteiger partial charge is 0.444 e. The number of hydrogen-bond donors (Lipinski definition) is 1. The lowest BCUT2D eigenvalue weighted by molar-refractivity contribution is -0.0584. The topological polar surface area (TPSA) is 102 Å². The highest BCUT2D eigenvalue weighted by Crippen LogP contribution is 2.26. The second-order valence-electron chi connectivity index (χ2n) is 7.15. The van der Waals surface area contributed by atoms with Crippen molar-refractivity contribution in [3.8, 4) is 0 Å². The number of amides is 3. The number of halogens is 1. The van der Waals surface area contributed by atoms with Crippen LogP contribution < -0.4 is 5.32 Å². The van der Waals surface area contributed by atoms with Gasteiger partial charge in [0.1, 0.15) is 5.60 Å². The number of hydroxylamine groups is 2. The third-order valence-corrected chi connectivity index (χ3v) is 4.09. The van der Waals surface area contributed by atoms with E-state index in [0.29, 0.717) is 5.06 Å². The first-order chi connectivity index (χ1) is 13.6. The molecule has 0 atom stereocenters. The van der Waals surface area contributed by atoms with Gasteiger partial charge in [-0.15, -0.1) is 0 Å². The number of anilines is 1. The van der Waals surface area contributed by atoms with Crippen LogP contribution in [0.3, 0.4) is 0 Å². The summed E-state index contributed by atoms with van der Waals surface area (Å²) in [6.07, 6.45) is -0.723. The summed E-state index contributed by atoms with van der Waals surface area (Å²) < 4.78 is 5.15. The molecule has 0 aliphatic carbocycles. The first-order valence-corrected chi connectivity index (χ1v) is 8.94. The third-order valence-electron chi connectivity index (χ3n) is 3.76. The first-order valence-electron chi connectivity index (χ1n) is 8.56. The van der Waals surface area contributed by atoms with Crippen LogP contribution in [0.2, 0.25) is 5.02 Å². The van der Waals surface area contributed by atoms with Crippen molar-refractivity contribution < 1.29 is 28.8 Å². The zero-order valence-corrected chi connectivity index (χ0v) is 16.6. The summed E-state index contributed by atoms with van der Waals surface area (Å²) in [7, 11) is 0. The second-order valence-corrected chi connectivity index (χ2v) is 7.56. The molecule has 9 heteroatoms. The molecule has 0 bridgehead atoms. The number of carbonyl (C=O) groups is 4. The fourth-order valence-corrected chi connectivity index (χ4v) is 2.76. The SMILES string of the molecule is CC(C)(C)OC(=O)Nc1ccc(Cl)c(C(=O)ON2C(=O)c3ccccc3C2=O)c1. The van der Waals surface area contributed by atoms with E-state index in [1.807, 2.05) is 0 Å². The molecule has 0 spiro atoms. The average molecular weight is 417 g/mol. The van der Waals surface area contributed by atoms with E-state index in [9.17, 15) is 19.2 Å². The number of hydrogen-bond acceptors (Lipinski definition) is 6. The van der Waals surface area contributed by atoms with Gasteiger partial charge in [-0.25, -0.2) is 9.59 Å². The number of nitrogens with zero attached hydrogens (tertiary/aromatic N) is 1. The normalized spacial score (nSPS) is 13.2. The molecular weight excluding hydrogens is 400 g/mol.